The van der Waals surface area contributed by atoms with E-state index in [1.165, 1.54) is 5.56 Å². The lowest BCUT2D eigenvalue weighted by atomic mass is 10.0. The maximum atomic E-state index is 12.9. The molecule has 0 spiro atoms. The van der Waals surface area contributed by atoms with Crippen LogP contribution in [-0.4, -0.2) is 29.1 Å². The lowest BCUT2D eigenvalue weighted by Crippen LogP contribution is -2.29. The fourth-order valence-electron chi connectivity index (χ4n) is 3.63. The summed E-state index contributed by atoms with van der Waals surface area (Å²) in [6.45, 7) is 0.780. The van der Waals surface area contributed by atoms with Crippen molar-refractivity contribution < 1.29 is 9.90 Å². The van der Waals surface area contributed by atoms with Crippen LogP contribution in [0.4, 0.5) is 11.5 Å². The fourth-order valence-corrected chi connectivity index (χ4v) is 3.63. The highest BCUT2D eigenvalue weighted by Gasteiger charge is 2.25. The molecular formula is C23H23N3O2. The molecule has 0 radical (unpaired) electrons. The van der Waals surface area contributed by atoms with Crippen LogP contribution in [0.15, 0.2) is 72.9 Å². The van der Waals surface area contributed by atoms with Crippen LogP contribution in [0, 0.1) is 0 Å². The third kappa shape index (κ3) is 3.75. The lowest BCUT2D eigenvalue weighted by Gasteiger charge is -2.20. The summed E-state index contributed by atoms with van der Waals surface area (Å²) in [4.78, 5) is 19.2. The quantitative estimate of drug-likeness (QED) is 0.689. The van der Waals surface area contributed by atoms with E-state index in [1.54, 1.807) is 12.3 Å². The molecule has 0 aliphatic carbocycles. The minimum absolute atomic E-state index is 0.0287. The normalized spacial score (nSPS) is 13.8. The van der Waals surface area contributed by atoms with Gasteiger partial charge >= 0.3 is 0 Å². The third-order valence-corrected chi connectivity index (χ3v) is 5.08. The van der Waals surface area contributed by atoms with Crippen LogP contribution in [0.2, 0.25) is 0 Å². The maximum Gasteiger partial charge on any atom is 0.259 e. The van der Waals surface area contributed by atoms with E-state index in [-0.39, 0.29) is 18.6 Å². The summed E-state index contributed by atoms with van der Waals surface area (Å²) in [7, 11) is 0. The number of aliphatic hydroxyl groups is 1. The molecule has 1 aliphatic rings. The molecule has 0 saturated heterocycles. The van der Waals surface area contributed by atoms with Crippen molar-refractivity contribution in [1.82, 2.24) is 4.98 Å². The van der Waals surface area contributed by atoms with Crippen LogP contribution >= 0.6 is 0 Å². The van der Waals surface area contributed by atoms with Gasteiger partial charge in [-0.05, 0) is 42.2 Å². The number of benzene rings is 2. The van der Waals surface area contributed by atoms with Crippen LogP contribution in [0.3, 0.4) is 0 Å². The molecule has 142 valence electrons. The monoisotopic (exact) mass is 373 g/mol. The summed E-state index contributed by atoms with van der Waals surface area (Å²) in [5.41, 5.74) is 3.85. The number of hydrogen-bond acceptors (Lipinski definition) is 4. The standard InChI is InChI=1S/C23H23N3O2/c27-15-13-20(17-6-2-1-3-7-17)25-22-11-10-19(16-24-22)23(28)26-14-12-18-8-4-5-9-21(18)26/h1-11,16,20,27H,12-15H2,(H,24,25)/t20-/m1/s1. The molecule has 1 atom stereocenters. The molecular weight excluding hydrogens is 350 g/mol. The Morgan fingerprint density at radius 2 is 1.86 bits per heavy atom. The van der Waals surface area contributed by atoms with Gasteiger partial charge in [0, 0.05) is 25.0 Å². The van der Waals surface area contributed by atoms with E-state index in [0.29, 0.717) is 24.3 Å². The van der Waals surface area contributed by atoms with Crippen molar-refractivity contribution in [3.8, 4) is 0 Å². The van der Waals surface area contributed by atoms with Gasteiger partial charge in [-0.25, -0.2) is 4.98 Å². The van der Waals surface area contributed by atoms with E-state index < -0.39 is 0 Å². The van der Waals surface area contributed by atoms with Crippen LogP contribution < -0.4 is 10.2 Å². The van der Waals surface area contributed by atoms with Crippen molar-refractivity contribution in [2.45, 2.75) is 18.9 Å². The van der Waals surface area contributed by atoms with Crippen molar-refractivity contribution in [2.75, 3.05) is 23.4 Å². The number of aliphatic hydroxyl groups excluding tert-OH is 1. The summed E-state index contributed by atoms with van der Waals surface area (Å²) >= 11 is 0. The van der Waals surface area contributed by atoms with Crippen molar-refractivity contribution in [1.29, 1.82) is 0 Å². The first-order valence-corrected chi connectivity index (χ1v) is 9.54. The smallest absolute Gasteiger partial charge is 0.259 e. The highest BCUT2D eigenvalue weighted by Crippen LogP contribution is 2.29. The molecule has 28 heavy (non-hydrogen) atoms. The van der Waals surface area contributed by atoms with Gasteiger partial charge < -0.3 is 15.3 Å². The topological polar surface area (TPSA) is 65.5 Å². The van der Waals surface area contributed by atoms with Gasteiger partial charge in [-0.3, -0.25) is 4.79 Å². The van der Waals surface area contributed by atoms with Gasteiger partial charge in [-0.2, -0.15) is 0 Å². The number of carbonyl (C=O) groups is 1. The first-order chi connectivity index (χ1) is 13.8. The second-order valence-electron chi connectivity index (χ2n) is 6.89. The lowest BCUT2D eigenvalue weighted by molar-refractivity contribution is 0.0989. The summed E-state index contributed by atoms with van der Waals surface area (Å²) in [6, 6.07) is 21.6. The van der Waals surface area contributed by atoms with Gasteiger partial charge in [0.05, 0.1) is 11.6 Å². The van der Waals surface area contributed by atoms with Crippen LogP contribution in [0.1, 0.15) is 33.9 Å². The molecule has 1 amide bonds. The van der Waals surface area contributed by atoms with Gasteiger partial charge in [0.2, 0.25) is 0 Å². The Morgan fingerprint density at radius 3 is 2.61 bits per heavy atom. The van der Waals surface area contributed by atoms with Crippen LogP contribution in [-0.2, 0) is 6.42 Å². The number of carbonyl (C=O) groups excluding carboxylic acids is 1. The Bertz CT molecular complexity index is 942. The minimum Gasteiger partial charge on any atom is -0.396 e. The molecule has 2 aromatic carbocycles. The number of aromatic nitrogens is 1. The van der Waals surface area contributed by atoms with Crippen molar-refractivity contribution in [3.63, 3.8) is 0 Å². The molecule has 0 unspecified atom stereocenters. The van der Waals surface area contributed by atoms with Crippen LogP contribution in [0.5, 0.6) is 0 Å². The van der Waals surface area contributed by atoms with Crippen molar-refractivity contribution in [3.05, 3.63) is 89.6 Å². The number of anilines is 2. The van der Waals surface area contributed by atoms with Crippen LogP contribution in [0.25, 0.3) is 0 Å². The SMILES string of the molecule is O=C(c1ccc(N[C@H](CCO)c2ccccc2)nc1)N1CCc2ccccc21. The Hall–Kier alpha value is -3.18. The summed E-state index contributed by atoms with van der Waals surface area (Å²) in [5, 5.41) is 12.7. The fraction of sp³-hybridized carbons (Fsp3) is 0.217. The van der Waals surface area contributed by atoms with Gasteiger partial charge in [0.1, 0.15) is 5.82 Å². The number of pyridine rings is 1. The molecule has 3 aromatic rings. The summed E-state index contributed by atoms with van der Waals surface area (Å²) < 4.78 is 0. The van der Waals surface area contributed by atoms with E-state index in [1.807, 2.05) is 59.5 Å². The summed E-state index contributed by atoms with van der Waals surface area (Å²) in [5.74, 6) is 0.652. The van der Waals surface area contributed by atoms with E-state index in [2.05, 4.69) is 16.4 Å². The zero-order valence-corrected chi connectivity index (χ0v) is 15.6. The maximum absolute atomic E-state index is 12.9. The highest BCUT2D eigenvalue weighted by molar-refractivity contribution is 6.07. The number of nitrogens with zero attached hydrogens (tertiary/aromatic N) is 2. The minimum atomic E-state index is -0.0364. The van der Waals surface area contributed by atoms with Gasteiger partial charge in [-0.1, -0.05) is 48.5 Å². The molecule has 0 saturated carbocycles. The molecule has 0 fully saturated rings. The average molecular weight is 373 g/mol. The van der Waals surface area contributed by atoms with Gasteiger partial charge in [0.25, 0.3) is 5.91 Å². The second-order valence-corrected chi connectivity index (χ2v) is 6.89. The molecule has 5 heteroatoms. The van der Waals surface area contributed by atoms with Crippen molar-refractivity contribution in [2.24, 2.45) is 0 Å². The van der Waals surface area contributed by atoms with E-state index >= 15 is 0 Å². The molecule has 5 nitrogen and oxygen atoms in total. The molecule has 0 bridgehead atoms. The molecule has 1 aromatic heterocycles. The number of para-hydroxylation sites is 1. The zero-order valence-electron chi connectivity index (χ0n) is 15.6. The molecule has 2 N–H and O–H groups in total. The Balaban J connectivity index is 1.49. The molecule has 2 heterocycles. The number of hydrogen-bond donors (Lipinski definition) is 2. The second kappa shape index (κ2) is 8.23. The first-order valence-electron chi connectivity index (χ1n) is 9.54. The van der Waals surface area contributed by atoms with Gasteiger partial charge in [0.15, 0.2) is 0 Å². The number of fused-ring (bicyclic) bond motifs is 1. The Morgan fingerprint density at radius 1 is 1.07 bits per heavy atom. The Labute approximate surface area is 164 Å². The predicted molar refractivity (Wildman–Crippen MR) is 111 cm³/mol. The van der Waals surface area contributed by atoms with E-state index in [4.69, 9.17) is 0 Å². The number of amides is 1. The molecule has 4 rings (SSSR count). The van der Waals surface area contributed by atoms with E-state index in [0.717, 1.165) is 17.7 Å². The average Bonchev–Trinajstić information content (AvgIpc) is 3.18. The highest BCUT2D eigenvalue weighted by atomic mass is 16.3. The first kappa shape index (κ1) is 18.2. The van der Waals surface area contributed by atoms with E-state index in [9.17, 15) is 9.90 Å². The Kier molecular flexibility index (Phi) is 5.35. The zero-order chi connectivity index (χ0) is 19.3. The largest absolute Gasteiger partial charge is 0.396 e. The predicted octanol–water partition coefficient (Wildman–Crippen LogP) is 3.82. The summed E-state index contributed by atoms with van der Waals surface area (Å²) in [6.07, 6.45) is 3.08. The van der Waals surface area contributed by atoms with Crippen molar-refractivity contribution >= 4 is 17.4 Å². The third-order valence-electron chi connectivity index (χ3n) is 5.08. The number of rotatable bonds is 6. The molecule has 1 aliphatic heterocycles. The number of nitrogens with one attached hydrogen (secondary N) is 1. The van der Waals surface area contributed by atoms with Gasteiger partial charge in [-0.15, -0.1) is 0 Å².